The van der Waals surface area contributed by atoms with Crippen LogP contribution in [-0.4, -0.2) is 65.6 Å². The molecule has 2 aromatic rings. The third-order valence-electron chi connectivity index (χ3n) is 3.26. The molecule has 1 aromatic carbocycles. The number of rotatable bonds is 1. The molecule has 0 saturated carbocycles. The molecule has 0 atom stereocenters. The van der Waals surface area contributed by atoms with Gasteiger partial charge in [-0.05, 0) is 0 Å². The third-order valence-corrected chi connectivity index (χ3v) is 5.48. The summed E-state index contributed by atoms with van der Waals surface area (Å²) in [6, 6.07) is 6.69. The third kappa shape index (κ3) is 2.44. The van der Waals surface area contributed by atoms with E-state index >= 15 is 0 Å². The quantitative estimate of drug-likeness (QED) is 0.700. The maximum atomic E-state index is 4.56. The second kappa shape index (κ2) is 4.74. The monoisotopic (exact) mass is 353 g/mol. The number of benzene rings is 1. The number of fused-ring (bicyclic) bond motifs is 1. The Morgan fingerprint density at radius 1 is 1.24 bits per heavy atom. The fraction of sp³-hybridized carbons (Fsp3) is 0.417. The first kappa shape index (κ1) is 11.7. The predicted octanol–water partition coefficient (Wildman–Crippen LogP) is 0.574. The number of anilines is 1. The zero-order valence-corrected chi connectivity index (χ0v) is 14.0. The van der Waals surface area contributed by atoms with Crippen LogP contribution in [-0.2, 0) is 0 Å². The van der Waals surface area contributed by atoms with Gasteiger partial charge >= 0.3 is 119 Å². The van der Waals surface area contributed by atoms with Crippen LogP contribution in [0.25, 0.3) is 10.2 Å². The van der Waals surface area contributed by atoms with Crippen LogP contribution in [0.15, 0.2) is 18.2 Å². The van der Waals surface area contributed by atoms with Gasteiger partial charge in [-0.2, -0.15) is 0 Å². The van der Waals surface area contributed by atoms with E-state index in [0.717, 1.165) is 54.2 Å². The summed E-state index contributed by atoms with van der Waals surface area (Å²) < 4.78 is 2.62. The van der Waals surface area contributed by atoms with Crippen molar-refractivity contribution in [3.63, 3.8) is 0 Å². The first-order valence-corrected chi connectivity index (χ1v) is 8.28. The summed E-state index contributed by atoms with van der Waals surface area (Å²) in [6.07, 6.45) is 0. The molecular formula is C12H15N3SSn. The SMILES string of the molecule is CN1CCN(c2ccc3n[c]([SnH])sc3c2)CC1. The van der Waals surface area contributed by atoms with Crippen LogP contribution in [0.1, 0.15) is 0 Å². The van der Waals surface area contributed by atoms with Gasteiger partial charge in [0.05, 0.1) is 0 Å². The molecule has 17 heavy (non-hydrogen) atoms. The molecule has 3 rings (SSSR count). The Bertz CT molecular complexity index is 532. The zero-order valence-electron chi connectivity index (χ0n) is 9.89. The van der Waals surface area contributed by atoms with E-state index in [4.69, 9.17) is 0 Å². The van der Waals surface area contributed by atoms with Crippen LogP contribution in [0.5, 0.6) is 0 Å². The van der Waals surface area contributed by atoms with Crippen molar-refractivity contribution >= 4 is 52.8 Å². The number of hydrogen-bond acceptors (Lipinski definition) is 4. The average molecular weight is 352 g/mol. The van der Waals surface area contributed by atoms with Gasteiger partial charge in [0, 0.05) is 0 Å². The van der Waals surface area contributed by atoms with Gasteiger partial charge in [-0.25, -0.2) is 0 Å². The molecule has 0 amide bonds. The van der Waals surface area contributed by atoms with E-state index in [1.54, 1.807) is 0 Å². The summed E-state index contributed by atoms with van der Waals surface area (Å²) in [5.41, 5.74) is 2.52. The van der Waals surface area contributed by atoms with Crippen molar-refractivity contribution in [1.29, 1.82) is 0 Å². The molecule has 0 spiro atoms. The summed E-state index contributed by atoms with van der Waals surface area (Å²) in [5.74, 6) is 0. The van der Waals surface area contributed by atoms with Gasteiger partial charge in [0.15, 0.2) is 0 Å². The van der Waals surface area contributed by atoms with Crippen LogP contribution in [0.4, 0.5) is 5.69 Å². The Balaban J connectivity index is 1.89. The zero-order chi connectivity index (χ0) is 11.8. The molecule has 88 valence electrons. The van der Waals surface area contributed by atoms with Gasteiger partial charge in [0.25, 0.3) is 0 Å². The molecule has 0 aliphatic carbocycles. The molecule has 1 aliphatic rings. The molecule has 1 fully saturated rings. The van der Waals surface area contributed by atoms with E-state index in [1.165, 1.54) is 13.4 Å². The summed E-state index contributed by atoms with van der Waals surface area (Å²) in [6.45, 7) is 4.58. The Kier molecular flexibility index (Phi) is 3.27. The summed E-state index contributed by atoms with van der Waals surface area (Å²) >= 11 is 2.96. The minimum absolute atomic E-state index is 1.12. The number of hydrogen-bond donors (Lipinski definition) is 0. The number of nitrogens with zero attached hydrogens (tertiary/aromatic N) is 3. The molecular weight excluding hydrogens is 337 g/mol. The first-order chi connectivity index (χ1) is 8.22. The molecule has 1 aliphatic heterocycles. The number of thiazole rings is 1. The van der Waals surface area contributed by atoms with Gasteiger partial charge in [-0.15, -0.1) is 0 Å². The van der Waals surface area contributed by atoms with E-state index in [-0.39, 0.29) is 0 Å². The fourth-order valence-electron chi connectivity index (χ4n) is 2.19. The van der Waals surface area contributed by atoms with E-state index in [0.29, 0.717) is 0 Å². The Labute approximate surface area is 119 Å². The Morgan fingerprint density at radius 3 is 2.76 bits per heavy atom. The summed E-state index contributed by atoms with van der Waals surface area (Å²) in [4.78, 5) is 9.42. The number of aromatic nitrogens is 1. The molecule has 0 bridgehead atoms. The van der Waals surface area contributed by atoms with Crippen molar-refractivity contribution < 1.29 is 0 Å². The van der Waals surface area contributed by atoms with E-state index in [2.05, 4.69) is 40.0 Å². The molecule has 2 heterocycles. The van der Waals surface area contributed by atoms with E-state index in [9.17, 15) is 0 Å². The summed E-state index contributed by atoms with van der Waals surface area (Å²) in [5, 5.41) is 0. The summed E-state index contributed by atoms with van der Waals surface area (Å²) in [7, 11) is 2.19. The molecule has 1 aromatic heterocycles. The maximum absolute atomic E-state index is 4.56. The fourth-order valence-corrected chi connectivity index (χ4v) is 4.44. The molecule has 1 saturated heterocycles. The van der Waals surface area contributed by atoms with Gasteiger partial charge in [0.1, 0.15) is 0 Å². The molecule has 0 unspecified atom stereocenters. The van der Waals surface area contributed by atoms with Crippen molar-refractivity contribution in [1.82, 2.24) is 9.88 Å². The Morgan fingerprint density at radius 2 is 2.00 bits per heavy atom. The van der Waals surface area contributed by atoms with Crippen LogP contribution < -0.4 is 7.92 Å². The van der Waals surface area contributed by atoms with Crippen LogP contribution in [0, 0.1) is 0 Å². The standard InChI is InChI=1S/C12H14N3S.Sn.H/c1-14-4-6-15(7-5-14)10-2-3-11-12(8-10)16-9-13-11;;/h2-3,8H,4-7H2,1H3;;. The molecule has 3 nitrogen and oxygen atoms in total. The molecule has 5 heteroatoms. The van der Waals surface area contributed by atoms with Crippen LogP contribution in [0.3, 0.4) is 0 Å². The minimum atomic E-state index is 1.12. The van der Waals surface area contributed by atoms with Gasteiger partial charge in [0.2, 0.25) is 0 Å². The Hall–Kier alpha value is -0.331. The first-order valence-electron chi connectivity index (χ1n) is 5.82. The number of piperazine rings is 1. The topological polar surface area (TPSA) is 19.4 Å². The van der Waals surface area contributed by atoms with Gasteiger partial charge in [-0.3, -0.25) is 0 Å². The van der Waals surface area contributed by atoms with Crippen molar-refractivity contribution in [3.05, 3.63) is 18.2 Å². The van der Waals surface area contributed by atoms with Gasteiger partial charge < -0.3 is 0 Å². The van der Waals surface area contributed by atoms with Crippen molar-refractivity contribution in [2.45, 2.75) is 0 Å². The molecule has 2 radical (unpaired) electrons. The number of likely N-dealkylation sites (N-methyl/N-ethyl adjacent to an activating group) is 1. The van der Waals surface area contributed by atoms with Crippen molar-refractivity contribution in [3.8, 4) is 0 Å². The van der Waals surface area contributed by atoms with Crippen molar-refractivity contribution in [2.24, 2.45) is 0 Å². The molecule has 0 N–H and O–H groups in total. The van der Waals surface area contributed by atoms with Crippen LogP contribution >= 0.6 is 11.3 Å². The van der Waals surface area contributed by atoms with Crippen molar-refractivity contribution in [2.75, 3.05) is 38.1 Å². The van der Waals surface area contributed by atoms with Crippen LogP contribution in [0.2, 0.25) is 0 Å². The van der Waals surface area contributed by atoms with E-state index in [1.807, 2.05) is 11.3 Å². The average Bonchev–Trinajstić information content (AvgIpc) is 2.69. The second-order valence-corrected chi connectivity index (χ2v) is 8.31. The van der Waals surface area contributed by atoms with Gasteiger partial charge in [-0.1, -0.05) is 0 Å². The second-order valence-electron chi connectivity index (χ2n) is 4.49. The van der Waals surface area contributed by atoms with E-state index < -0.39 is 0 Å². The predicted molar refractivity (Wildman–Crippen MR) is 76.1 cm³/mol. The normalized spacial score (nSPS) is 17.9.